The second kappa shape index (κ2) is 4.85. The molecule has 1 N–H and O–H groups in total. The molecule has 0 amide bonds. The molecule has 3 heteroatoms. The first-order chi connectivity index (χ1) is 9.29. The third-order valence-corrected chi connectivity index (χ3v) is 6.77. The Balaban J connectivity index is 1.38. The molecule has 104 valence electrons. The Hall–Kier alpha value is -0.410. The number of aromatic nitrogens is 1. The summed E-state index contributed by atoms with van der Waals surface area (Å²) in [5.41, 5.74) is 0. The summed E-state index contributed by atoms with van der Waals surface area (Å²) in [5, 5.41) is 7.30. The van der Waals surface area contributed by atoms with Crippen LogP contribution in [-0.2, 0) is 0 Å². The first-order valence-corrected chi connectivity index (χ1v) is 8.80. The molecule has 1 heterocycles. The normalized spacial score (nSPS) is 41.6. The molecule has 4 fully saturated rings. The summed E-state index contributed by atoms with van der Waals surface area (Å²) < 4.78 is 0. The van der Waals surface area contributed by atoms with Gasteiger partial charge in [0.05, 0.1) is 5.01 Å². The van der Waals surface area contributed by atoms with E-state index >= 15 is 0 Å². The number of rotatable bonds is 4. The molecular weight excluding hydrogens is 252 g/mol. The molecule has 0 radical (unpaired) electrons. The Kier molecular flexibility index (Phi) is 3.15. The number of hydrogen-bond acceptors (Lipinski definition) is 3. The van der Waals surface area contributed by atoms with Crippen LogP contribution in [0.1, 0.15) is 50.0 Å². The van der Waals surface area contributed by atoms with Crippen LogP contribution in [0, 0.1) is 23.7 Å². The first kappa shape index (κ1) is 12.3. The maximum absolute atomic E-state index is 4.45. The SMILES string of the molecule is CC(CNC1C2CC3CC(C2)CC1C3)c1nccs1. The highest BCUT2D eigenvalue weighted by molar-refractivity contribution is 7.09. The van der Waals surface area contributed by atoms with E-state index in [4.69, 9.17) is 0 Å². The average molecular weight is 276 g/mol. The molecule has 4 aliphatic carbocycles. The van der Waals surface area contributed by atoms with Crippen molar-refractivity contribution in [2.24, 2.45) is 23.7 Å². The minimum Gasteiger partial charge on any atom is -0.313 e. The number of nitrogens with zero attached hydrogens (tertiary/aromatic N) is 1. The molecule has 19 heavy (non-hydrogen) atoms. The van der Waals surface area contributed by atoms with Gasteiger partial charge in [0, 0.05) is 30.1 Å². The van der Waals surface area contributed by atoms with Crippen LogP contribution in [0.2, 0.25) is 0 Å². The molecule has 0 spiro atoms. The molecule has 5 rings (SSSR count). The summed E-state index contributed by atoms with van der Waals surface area (Å²) in [5.74, 6) is 4.70. The molecule has 0 aromatic carbocycles. The number of nitrogens with one attached hydrogen (secondary N) is 1. The summed E-state index contributed by atoms with van der Waals surface area (Å²) in [4.78, 5) is 4.45. The van der Waals surface area contributed by atoms with Crippen molar-refractivity contribution in [2.75, 3.05) is 6.54 Å². The monoisotopic (exact) mass is 276 g/mol. The quantitative estimate of drug-likeness (QED) is 0.908. The third-order valence-electron chi connectivity index (χ3n) is 5.76. The topological polar surface area (TPSA) is 24.9 Å². The Bertz CT molecular complexity index is 400. The summed E-state index contributed by atoms with van der Waals surface area (Å²) in [6, 6.07) is 0.815. The highest BCUT2D eigenvalue weighted by Crippen LogP contribution is 2.53. The zero-order valence-electron chi connectivity index (χ0n) is 11.7. The van der Waals surface area contributed by atoms with E-state index in [1.165, 1.54) is 30.7 Å². The standard InChI is InChI=1S/C16H24N2S/c1-10(16-17-2-3-19-16)9-18-15-13-5-11-4-12(7-13)8-14(15)6-11/h2-3,10-15,18H,4-9H2,1H3. The van der Waals surface area contributed by atoms with Gasteiger partial charge in [0.25, 0.3) is 0 Å². The number of hydrogen-bond donors (Lipinski definition) is 1. The highest BCUT2D eigenvalue weighted by Gasteiger charge is 2.47. The molecule has 2 nitrogen and oxygen atoms in total. The van der Waals surface area contributed by atoms with Crippen LogP contribution >= 0.6 is 11.3 Å². The van der Waals surface area contributed by atoms with Crippen molar-refractivity contribution in [2.45, 2.75) is 51.0 Å². The van der Waals surface area contributed by atoms with E-state index in [9.17, 15) is 0 Å². The van der Waals surface area contributed by atoms with Crippen molar-refractivity contribution in [1.29, 1.82) is 0 Å². The van der Waals surface area contributed by atoms with Crippen LogP contribution in [0.4, 0.5) is 0 Å². The van der Waals surface area contributed by atoms with E-state index in [1.807, 2.05) is 6.20 Å². The fourth-order valence-electron chi connectivity index (χ4n) is 5.14. The molecule has 4 saturated carbocycles. The van der Waals surface area contributed by atoms with Gasteiger partial charge in [-0.3, -0.25) is 0 Å². The molecule has 0 aliphatic heterocycles. The summed E-state index contributed by atoms with van der Waals surface area (Å²) in [7, 11) is 0. The summed E-state index contributed by atoms with van der Waals surface area (Å²) in [6.45, 7) is 3.42. The van der Waals surface area contributed by atoms with Gasteiger partial charge < -0.3 is 5.32 Å². The fraction of sp³-hybridized carbons (Fsp3) is 0.812. The van der Waals surface area contributed by atoms with Crippen molar-refractivity contribution in [3.63, 3.8) is 0 Å². The van der Waals surface area contributed by atoms with E-state index in [0.717, 1.165) is 36.3 Å². The minimum atomic E-state index is 0.567. The van der Waals surface area contributed by atoms with Crippen LogP contribution in [0.25, 0.3) is 0 Å². The van der Waals surface area contributed by atoms with Crippen LogP contribution < -0.4 is 5.32 Å². The van der Waals surface area contributed by atoms with Gasteiger partial charge in [-0.25, -0.2) is 4.98 Å². The predicted molar refractivity (Wildman–Crippen MR) is 79.4 cm³/mol. The van der Waals surface area contributed by atoms with Gasteiger partial charge >= 0.3 is 0 Å². The molecule has 4 bridgehead atoms. The molecule has 1 aromatic rings. The van der Waals surface area contributed by atoms with Crippen molar-refractivity contribution in [1.82, 2.24) is 10.3 Å². The summed E-state index contributed by atoms with van der Waals surface area (Å²) >= 11 is 1.80. The van der Waals surface area contributed by atoms with Gasteiger partial charge in [0.1, 0.15) is 0 Å². The largest absolute Gasteiger partial charge is 0.313 e. The van der Waals surface area contributed by atoms with Crippen molar-refractivity contribution < 1.29 is 0 Å². The molecule has 0 saturated heterocycles. The highest BCUT2D eigenvalue weighted by atomic mass is 32.1. The summed E-state index contributed by atoms with van der Waals surface area (Å²) in [6.07, 6.45) is 9.52. The van der Waals surface area contributed by atoms with E-state index in [-0.39, 0.29) is 0 Å². The van der Waals surface area contributed by atoms with Gasteiger partial charge in [-0.1, -0.05) is 6.92 Å². The zero-order chi connectivity index (χ0) is 12.8. The Morgan fingerprint density at radius 2 is 1.89 bits per heavy atom. The molecule has 4 aliphatic rings. The Labute approximate surface area is 120 Å². The Morgan fingerprint density at radius 3 is 2.47 bits per heavy atom. The fourth-order valence-corrected chi connectivity index (χ4v) is 5.84. The van der Waals surface area contributed by atoms with E-state index < -0.39 is 0 Å². The van der Waals surface area contributed by atoms with Crippen molar-refractivity contribution >= 4 is 11.3 Å². The van der Waals surface area contributed by atoms with Crippen molar-refractivity contribution in [3.05, 3.63) is 16.6 Å². The average Bonchev–Trinajstić information content (AvgIpc) is 2.90. The van der Waals surface area contributed by atoms with Gasteiger partial charge in [0.2, 0.25) is 0 Å². The van der Waals surface area contributed by atoms with Gasteiger partial charge in [-0.05, 0) is 55.8 Å². The molecule has 1 unspecified atom stereocenters. The Morgan fingerprint density at radius 1 is 1.21 bits per heavy atom. The van der Waals surface area contributed by atoms with Crippen LogP contribution in [0.3, 0.4) is 0 Å². The lowest BCUT2D eigenvalue weighted by molar-refractivity contribution is -0.0138. The third kappa shape index (κ3) is 2.25. The van der Waals surface area contributed by atoms with E-state index in [0.29, 0.717) is 5.92 Å². The maximum Gasteiger partial charge on any atom is 0.0965 e. The minimum absolute atomic E-state index is 0.567. The van der Waals surface area contributed by atoms with E-state index in [1.54, 1.807) is 17.8 Å². The lowest BCUT2D eigenvalue weighted by atomic mass is 9.54. The van der Waals surface area contributed by atoms with Gasteiger partial charge in [-0.15, -0.1) is 11.3 Å². The van der Waals surface area contributed by atoms with Crippen molar-refractivity contribution in [3.8, 4) is 0 Å². The van der Waals surface area contributed by atoms with Crippen LogP contribution in [0.5, 0.6) is 0 Å². The second-order valence-electron chi connectivity index (χ2n) is 7.14. The van der Waals surface area contributed by atoms with Crippen LogP contribution in [-0.4, -0.2) is 17.6 Å². The van der Waals surface area contributed by atoms with Gasteiger partial charge in [0.15, 0.2) is 0 Å². The number of thiazole rings is 1. The lowest BCUT2D eigenvalue weighted by Crippen LogP contribution is -2.55. The van der Waals surface area contributed by atoms with Gasteiger partial charge in [-0.2, -0.15) is 0 Å². The molecule has 1 atom stereocenters. The molecule has 1 aromatic heterocycles. The first-order valence-electron chi connectivity index (χ1n) is 7.92. The smallest absolute Gasteiger partial charge is 0.0965 e. The predicted octanol–water partition coefficient (Wildman–Crippen LogP) is 3.66. The van der Waals surface area contributed by atoms with Crippen LogP contribution in [0.15, 0.2) is 11.6 Å². The van der Waals surface area contributed by atoms with E-state index in [2.05, 4.69) is 22.6 Å². The zero-order valence-corrected chi connectivity index (χ0v) is 12.5. The second-order valence-corrected chi connectivity index (χ2v) is 8.06. The lowest BCUT2D eigenvalue weighted by Gasteiger charge is -2.54. The molecular formula is C16H24N2S. The maximum atomic E-state index is 4.45.